The summed E-state index contributed by atoms with van der Waals surface area (Å²) in [6.07, 6.45) is 1.69. The van der Waals surface area contributed by atoms with Crippen molar-refractivity contribution in [3.63, 3.8) is 0 Å². The number of benzene rings is 1. The molecular formula is C20H21N5O3. The van der Waals surface area contributed by atoms with Gasteiger partial charge in [-0.1, -0.05) is 18.2 Å². The number of hydrogen-bond donors (Lipinski definition) is 2. The number of para-hydroxylation sites is 1. The highest BCUT2D eigenvalue weighted by Gasteiger charge is 2.31. The largest absolute Gasteiger partial charge is 0.353 e. The lowest BCUT2D eigenvalue weighted by atomic mass is 10.1. The maximum Gasteiger partial charge on any atom is 0.254 e. The molecule has 0 saturated carbocycles. The number of pyridine rings is 1. The predicted molar refractivity (Wildman–Crippen MR) is 104 cm³/mol. The Hall–Kier alpha value is -3.42. The van der Waals surface area contributed by atoms with Crippen LogP contribution in [0.15, 0.2) is 48.7 Å². The van der Waals surface area contributed by atoms with E-state index in [2.05, 4.69) is 20.5 Å². The monoisotopic (exact) mass is 379 g/mol. The molecule has 0 spiro atoms. The number of piperazine rings is 1. The number of amides is 3. The van der Waals surface area contributed by atoms with E-state index in [0.29, 0.717) is 37.4 Å². The maximum absolute atomic E-state index is 12.7. The van der Waals surface area contributed by atoms with Gasteiger partial charge < -0.3 is 20.4 Å². The lowest BCUT2D eigenvalue weighted by Gasteiger charge is -2.35. The first kappa shape index (κ1) is 18.0. The van der Waals surface area contributed by atoms with Gasteiger partial charge >= 0.3 is 0 Å². The highest BCUT2D eigenvalue weighted by molar-refractivity contribution is 6.10. The topological polar surface area (TPSA) is 94.6 Å². The van der Waals surface area contributed by atoms with Crippen molar-refractivity contribution < 1.29 is 14.4 Å². The van der Waals surface area contributed by atoms with Crippen molar-refractivity contribution >= 4 is 29.2 Å². The molecule has 4 rings (SSSR count). The molecule has 1 aromatic carbocycles. The molecule has 1 atom stereocenters. The Bertz CT molecular complexity index is 894. The van der Waals surface area contributed by atoms with E-state index in [-0.39, 0.29) is 24.1 Å². The molecular weight excluding hydrogens is 358 g/mol. The first-order valence-electron chi connectivity index (χ1n) is 9.26. The van der Waals surface area contributed by atoms with Crippen LogP contribution in [0.4, 0.5) is 11.5 Å². The number of carbonyl (C=O) groups excluding carboxylic acids is 3. The van der Waals surface area contributed by atoms with Crippen molar-refractivity contribution in [3.8, 4) is 0 Å². The van der Waals surface area contributed by atoms with Crippen LogP contribution in [-0.4, -0.2) is 59.8 Å². The summed E-state index contributed by atoms with van der Waals surface area (Å²) in [6, 6.07) is 11.7. The molecule has 1 saturated heterocycles. The summed E-state index contributed by atoms with van der Waals surface area (Å²) in [5.74, 6) is 0.0142. The molecule has 2 N–H and O–H groups in total. The molecule has 8 heteroatoms. The van der Waals surface area contributed by atoms with Gasteiger partial charge in [-0.15, -0.1) is 0 Å². The molecule has 0 unspecified atom stereocenters. The van der Waals surface area contributed by atoms with E-state index in [9.17, 15) is 14.4 Å². The fraction of sp³-hybridized carbons (Fsp3) is 0.300. The van der Waals surface area contributed by atoms with E-state index >= 15 is 0 Å². The van der Waals surface area contributed by atoms with Gasteiger partial charge in [0.1, 0.15) is 11.9 Å². The Morgan fingerprint density at radius 1 is 1.04 bits per heavy atom. The molecule has 28 heavy (non-hydrogen) atoms. The van der Waals surface area contributed by atoms with Crippen LogP contribution in [-0.2, 0) is 9.59 Å². The third kappa shape index (κ3) is 3.66. The van der Waals surface area contributed by atoms with Crippen molar-refractivity contribution in [1.29, 1.82) is 0 Å². The Morgan fingerprint density at radius 2 is 1.79 bits per heavy atom. The second-order valence-electron chi connectivity index (χ2n) is 6.82. The van der Waals surface area contributed by atoms with Crippen LogP contribution in [0, 0.1) is 0 Å². The molecule has 0 radical (unpaired) electrons. The van der Waals surface area contributed by atoms with Gasteiger partial charge in [0.2, 0.25) is 11.8 Å². The van der Waals surface area contributed by atoms with Crippen molar-refractivity contribution in [2.24, 2.45) is 0 Å². The van der Waals surface area contributed by atoms with Gasteiger partial charge in [-0.3, -0.25) is 14.4 Å². The molecule has 0 aliphatic carbocycles. The predicted octanol–water partition coefficient (Wildman–Crippen LogP) is 0.871. The molecule has 8 nitrogen and oxygen atoms in total. The van der Waals surface area contributed by atoms with Crippen LogP contribution < -0.4 is 15.5 Å². The zero-order chi connectivity index (χ0) is 19.5. The molecule has 1 fully saturated rings. The molecule has 2 aliphatic heterocycles. The summed E-state index contributed by atoms with van der Waals surface area (Å²) in [6.45, 7) is 2.46. The third-order valence-electron chi connectivity index (χ3n) is 5.04. The van der Waals surface area contributed by atoms with Crippen LogP contribution in [0.5, 0.6) is 0 Å². The van der Waals surface area contributed by atoms with E-state index in [0.717, 1.165) is 5.82 Å². The zero-order valence-corrected chi connectivity index (χ0v) is 15.3. The van der Waals surface area contributed by atoms with Crippen molar-refractivity contribution in [2.75, 3.05) is 36.4 Å². The third-order valence-corrected chi connectivity index (χ3v) is 5.04. The summed E-state index contributed by atoms with van der Waals surface area (Å²) >= 11 is 0. The molecule has 3 amide bonds. The highest BCUT2D eigenvalue weighted by atomic mass is 16.2. The fourth-order valence-electron chi connectivity index (χ4n) is 3.48. The number of nitrogens with zero attached hydrogens (tertiary/aromatic N) is 3. The molecule has 3 heterocycles. The van der Waals surface area contributed by atoms with E-state index in [1.54, 1.807) is 35.4 Å². The van der Waals surface area contributed by atoms with Gasteiger partial charge in [0.25, 0.3) is 5.91 Å². The SMILES string of the molecule is O=C1N[C@@H](CC(=O)N2CCN(c3ccccn3)CC2)C(=O)Nc2ccccc21. The Kier molecular flexibility index (Phi) is 4.92. The van der Waals surface area contributed by atoms with Gasteiger partial charge in [-0.25, -0.2) is 4.98 Å². The maximum atomic E-state index is 12.7. The van der Waals surface area contributed by atoms with E-state index in [1.165, 1.54) is 0 Å². The number of carbonyl (C=O) groups is 3. The number of nitrogens with one attached hydrogen (secondary N) is 2. The van der Waals surface area contributed by atoms with Crippen LogP contribution in [0.2, 0.25) is 0 Å². The smallest absolute Gasteiger partial charge is 0.254 e. The van der Waals surface area contributed by atoms with Crippen molar-refractivity contribution in [2.45, 2.75) is 12.5 Å². The zero-order valence-electron chi connectivity index (χ0n) is 15.3. The molecule has 144 valence electrons. The fourth-order valence-corrected chi connectivity index (χ4v) is 3.48. The number of anilines is 2. The van der Waals surface area contributed by atoms with Crippen molar-refractivity contribution in [3.05, 3.63) is 54.2 Å². The standard InChI is InChI=1S/C20H21N5O3/c26-18(25-11-9-24(10-12-25)17-7-3-4-8-21-17)13-16-20(28)22-15-6-2-1-5-14(15)19(27)23-16/h1-8,16H,9-13H2,(H,22,28)(H,23,27)/t16-/m0/s1. The van der Waals surface area contributed by atoms with Gasteiger partial charge in [0.05, 0.1) is 17.7 Å². The average molecular weight is 379 g/mol. The van der Waals surface area contributed by atoms with Crippen LogP contribution >= 0.6 is 0 Å². The normalized spacial score (nSPS) is 19.4. The molecule has 0 bridgehead atoms. The second kappa shape index (κ2) is 7.67. The second-order valence-corrected chi connectivity index (χ2v) is 6.82. The molecule has 2 aliphatic rings. The van der Waals surface area contributed by atoms with Gasteiger partial charge in [0.15, 0.2) is 0 Å². The summed E-state index contributed by atoms with van der Waals surface area (Å²) in [5.41, 5.74) is 0.860. The van der Waals surface area contributed by atoms with E-state index < -0.39 is 6.04 Å². The van der Waals surface area contributed by atoms with Crippen LogP contribution in [0.25, 0.3) is 0 Å². The molecule has 1 aromatic heterocycles. The summed E-state index contributed by atoms with van der Waals surface area (Å²) in [4.78, 5) is 45.7. The summed E-state index contributed by atoms with van der Waals surface area (Å²) in [5, 5.41) is 5.40. The van der Waals surface area contributed by atoms with Crippen LogP contribution in [0.3, 0.4) is 0 Å². The number of aromatic nitrogens is 1. The summed E-state index contributed by atoms with van der Waals surface area (Å²) < 4.78 is 0. The number of hydrogen-bond acceptors (Lipinski definition) is 5. The highest BCUT2D eigenvalue weighted by Crippen LogP contribution is 2.19. The lowest BCUT2D eigenvalue weighted by molar-refractivity contribution is -0.134. The Labute approximate surface area is 162 Å². The Morgan fingerprint density at radius 3 is 2.54 bits per heavy atom. The Balaban J connectivity index is 1.37. The minimum Gasteiger partial charge on any atom is -0.353 e. The lowest BCUT2D eigenvalue weighted by Crippen LogP contribution is -2.51. The average Bonchev–Trinajstić information content (AvgIpc) is 2.85. The van der Waals surface area contributed by atoms with E-state index in [1.807, 2.05) is 18.2 Å². The van der Waals surface area contributed by atoms with Gasteiger partial charge in [-0.2, -0.15) is 0 Å². The number of rotatable bonds is 3. The quantitative estimate of drug-likeness (QED) is 0.825. The minimum absolute atomic E-state index is 0.0604. The van der Waals surface area contributed by atoms with Crippen LogP contribution in [0.1, 0.15) is 16.8 Å². The summed E-state index contributed by atoms with van der Waals surface area (Å²) in [7, 11) is 0. The molecule has 2 aromatic rings. The van der Waals surface area contributed by atoms with Crippen molar-refractivity contribution in [1.82, 2.24) is 15.2 Å². The minimum atomic E-state index is -0.888. The van der Waals surface area contributed by atoms with E-state index in [4.69, 9.17) is 0 Å². The first-order valence-corrected chi connectivity index (χ1v) is 9.26. The number of fused-ring (bicyclic) bond motifs is 1. The first-order chi connectivity index (χ1) is 13.6. The van der Waals surface area contributed by atoms with Gasteiger partial charge in [-0.05, 0) is 24.3 Å². The van der Waals surface area contributed by atoms with Gasteiger partial charge in [0, 0.05) is 32.4 Å².